The van der Waals surface area contributed by atoms with E-state index in [1.165, 1.54) is 10.9 Å². The third-order valence-corrected chi connectivity index (χ3v) is 3.00. The Hall–Kier alpha value is -1.52. The summed E-state index contributed by atoms with van der Waals surface area (Å²) in [5.74, 6) is 0. The van der Waals surface area contributed by atoms with Gasteiger partial charge in [-0.25, -0.2) is 4.68 Å². The van der Waals surface area contributed by atoms with Crippen molar-refractivity contribution in [2.45, 2.75) is 6.54 Å². The first kappa shape index (κ1) is 12.0. The molecular weight excluding hydrogens is 261 g/mol. The van der Waals surface area contributed by atoms with E-state index in [4.69, 9.17) is 28.9 Å². The maximum absolute atomic E-state index is 11.7. The fraction of sp³-hybridized carbons (Fsp3) is 0.0909. The topological polar surface area (TPSA) is 60.9 Å². The van der Waals surface area contributed by atoms with Gasteiger partial charge in [0.2, 0.25) is 0 Å². The smallest absolute Gasteiger partial charge is 0.287 e. The summed E-state index contributed by atoms with van der Waals surface area (Å²) in [5, 5.41) is 4.05. The van der Waals surface area contributed by atoms with E-state index in [1.54, 1.807) is 12.1 Å². The second kappa shape index (κ2) is 4.77. The quantitative estimate of drug-likeness (QED) is 0.851. The van der Waals surface area contributed by atoms with Gasteiger partial charge < -0.3 is 5.73 Å². The molecule has 4 nitrogen and oxygen atoms in total. The van der Waals surface area contributed by atoms with Gasteiger partial charge in [-0.2, -0.15) is 5.10 Å². The molecule has 0 radical (unpaired) electrons. The van der Waals surface area contributed by atoms with Crippen LogP contribution in [0.5, 0.6) is 0 Å². The van der Waals surface area contributed by atoms with Crippen molar-refractivity contribution in [2.24, 2.45) is 0 Å². The first-order valence-corrected chi connectivity index (χ1v) is 5.59. The Kier molecular flexibility index (Phi) is 3.36. The standard InChI is InChI=1S/C11H9Cl2N3O/c12-9-5-15-16(11(17)10(9)13)6-7-1-3-8(14)4-2-7/h1-5H,6,14H2. The Morgan fingerprint density at radius 2 is 1.88 bits per heavy atom. The number of benzene rings is 1. The van der Waals surface area contributed by atoms with E-state index in [-0.39, 0.29) is 10.0 Å². The molecule has 2 N–H and O–H groups in total. The van der Waals surface area contributed by atoms with E-state index < -0.39 is 5.56 Å². The van der Waals surface area contributed by atoms with Crippen molar-refractivity contribution in [1.29, 1.82) is 0 Å². The van der Waals surface area contributed by atoms with Crippen molar-refractivity contribution in [3.63, 3.8) is 0 Å². The van der Waals surface area contributed by atoms with Gasteiger partial charge in [0.1, 0.15) is 5.02 Å². The second-order valence-corrected chi connectivity index (χ2v) is 4.30. The number of hydrogen-bond acceptors (Lipinski definition) is 3. The molecule has 0 unspecified atom stereocenters. The molecular formula is C11H9Cl2N3O. The van der Waals surface area contributed by atoms with Crippen molar-refractivity contribution in [3.05, 3.63) is 56.4 Å². The second-order valence-electron chi connectivity index (χ2n) is 3.51. The van der Waals surface area contributed by atoms with Gasteiger partial charge in [0.15, 0.2) is 0 Å². The van der Waals surface area contributed by atoms with Crippen molar-refractivity contribution in [3.8, 4) is 0 Å². The van der Waals surface area contributed by atoms with Crippen LogP contribution in [0, 0.1) is 0 Å². The van der Waals surface area contributed by atoms with Gasteiger partial charge in [0.25, 0.3) is 5.56 Å². The molecule has 0 fully saturated rings. The molecule has 0 saturated heterocycles. The Labute approximate surface area is 108 Å². The van der Waals surface area contributed by atoms with Gasteiger partial charge in [-0.05, 0) is 17.7 Å². The molecule has 2 rings (SSSR count). The molecule has 1 heterocycles. The first-order chi connectivity index (χ1) is 8.08. The van der Waals surface area contributed by atoms with Crippen LogP contribution >= 0.6 is 23.2 Å². The van der Waals surface area contributed by atoms with Crippen molar-refractivity contribution < 1.29 is 0 Å². The summed E-state index contributed by atoms with van der Waals surface area (Å²) in [5.41, 5.74) is 6.74. The Balaban J connectivity index is 2.34. The number of nitrogens with two attached hydrogens (primary N) is 1. The highest BCUT2D eigenvalue weighted by atomic mass is 35.5. The maximum atomic E-state index is 11.7. The summed E-state index contributed by atoms with van der Waals surface area (Å²) in [6.45, 7) is 0.329. The van der Waals surface area contributed by atoms with E-state index in [0.717, 1.165) is 5.56 Å². The lowest BCUT2D eigenvalue weighted by Gasteiger charge is -2.05. The Morgan fingerprint density at radius 3 is 2.53 bits per heavy atom. The third kappa shape index (κ3) is 2.60. The van der Waals surface area contributed by atoms with Crippen LogP contribution in [0.1, 0.15) is 5.56 Å². The van der Waals surface area contributed by atoms with Crippen molar-refractivity contribution in [2.75, 3.05) is 5.73 Å². The normalized spacial score (nSPS) is 10.5. The molecule has 0 saturated carbocycles. The SMILES string of the molecule is Nc1ccc(Cn2ncc(Cl)c(Cl)c2=O)cc1. The van der Waals surface area contributed by atoms with Crippen molar-refractivity contribution >= 4 is 28.9 Å². The van der Waals surface area contributed by atoms with Gasteiger partial charge in [-0.15, -0.1) is 0 Å². The molecule has 1 aromatic heterocycles. The fourth-order valence-corrected chi connectivity index (χ4v) is 1.62. The highest BCUT2D eigenvalue weighted by Gasteiger charge is 2.07. The largest absolute Gasteiger partial charge is 0.399 e. The number of nitrogen functional groups attached to an aromatic ring is 1. The Bertz CT molecular complexity index is 593. The molecule has 1 aromatic carbocycles. The van der Waals surface area contributed by atoms with E-state index in [9.17, 15) is 4.79 Å². The highest BCUT2D eigenvalue weighted by molar-refractivity contribution is 6.41. The molecule has 0 bridgehead atoms. The molecule has 88 valence electrons. The predicted molar refractivity (Wildman–Crippen MR) is 68.5 cm³/mol. The fourth-order valence-electron chi connectivity index (χ4n) is 1.35. The van der Waals surface area contributed by atoms with Gasteiger partial charge in [-0.3, -0.25) is 4.79 Å². The van der Waals surface area contributed by atoms with Crippen LogP contribution in [0.2, 0.25) is 10.0 Å². The van der Waals surface area contributed by atoms with Crippen LogP contribution < -0.4 is 11.3 Å². The molecule has 17 heavy (non-hydrogen) atoms. The monoisotopic (exact) mass is 269 g/mol. The number of anilines is 1. The molecule has 0 atom stereocenters. The first-order valence-electron chi connectivity index (χ1n) is 4.83. The van der Waals surface area contributed by atoms with Gasteiger partial charge >= 0.3 is 0 Å². The van der Waals surface area contributed by atoms with E-state index in [1.807, 2.05) is 12.1 Å². The van der Waals surface area contributed by atoms with Crippen LogP contribution in [0.25, 0.3) is 0 Å². The summed E-state index contributed by atoms with van der Waals surface area (Å²) in [6.07, 6.45) is 1.35. The predicted octanol–water partition coefficient (Wildman–Crippen LogP) is 2.18. The van der Waals surface area contributed by atoms with Gasteiger partial charge in [-0.1, -0.05) is 35.3 Å². The minimum Gasteiger partial charge on any atom is -0.399 e. The summed E-state index contributed by atoms with van der Waals surface area (Å²) in [4.78, 5) is 11.7. The van der Waals surface area contributed by atoms with Crippen LogP contribution in [0.3, 0.4) is 0 Å². The highest BCUT2D eigenvalue weighted by Crippen LogP contribution is 2.15. The zero-order valence-electron chi connectivity index (χ0n) is 8.73. The lowest BCUT2D eigenvalue weighted by atomic mass is 10.2. The average molecular weight is 270 g/mol. The summed E-state index contributed by atoms with van der Waals surface area (Å²) in [7, 11) is 0. The lowest BCUT2D eigenvalue weighted by Crippen LogP contribution is -2.23. The summed E-state index contributed by atoms with van der Waals surface area (Å²) < 4.78 is 1.25. The number of aromatic nitrogens is 2. The molecule has 0 aliphatic heterocycles. The minimum absolute atomic E-state index is 0.0166. The van der Waals surface area contributed by atoms with Crippen molar-refractivity contribution in [1.82, 2.24) is 9.78 Å². The van der Waals surface area contributed by atoms with E-state index in [0.29, 0.717) is 12.2 Å². The van der Waals surface area contributed by atoms with Crippen LogP contribution in [0.4, 0.5) is 5.69 Å². The average Bonchev–Trinajstić information content (AvgIpc) is 2.33. The zero-order valence-corrected chi connectivity index (χ0v) is 10.2. The third-order valence-electron chi connectivity index (χ3n) is 2.25. The van der Waals surface area contributed by atoms with E-state index in [2.05, 4.69) is 5.10 Å². The zero-order chi connectivity index (χ0) is 12.4. The molecule has 0 amide bonds. The Morgan fingerprint density at radius 1 is 1.24 bits per heavy atom. The summed E-state index contributed by atoms with van der Waals surface area (Å²) >= 11 is 11.4. The molecule has 0 aliphatic carbocycles. The van der Waals surface area contributed by atoms with Crippen LogP contribution in [-0.4, -0.2) is 9.78 Å². The van der Waals surface area contributed by atoms with Gasteiger partial charge in [0.05, 0.1) is 17.8 Å². The molecule has 0 aliphatic rings. The lowest BCUT2D eigenvalue weighted by molar-refractivity contribution is 0.639. The number of nitrogens with zero attached hydrogens (tertiary/aromatic N) is 2. The molecule has 6 heteroatoms. The maximum Gasteiger partial charge on any atom is 0.287 e. The van der Waals surface area contributed by atoms with E-state index >= 15 is 0 Å². The number of rotatable bonds is 2. The van der Waals surface area contributed by atoms with Gasteiger partial charge in [0, 0.05) is 5.69 Å². The minimum atomic E-state index is -0.406. The summed E-state index contributed by atoms with van der Waals surface area (Å²) in [6, 6.07) is 7.17. The van der Waals surface area contributed by atoms with Crippen LogP contribution in [-0.2, 0) is 6.54 Å². The number of halogens is 2. The molecule has 0 spiro atoms. The molecule has 2 aromatic rings. The number of hydrogen-bond donors (Lipinski definition) is 1. The van der Waals surface area contributed by atoms with Crippen LogP contribution in [0.15, 0.2) is 35.3 Å².